The second-order valence-electron chi connectivity index (χ2n) is 7.45. The first-order valence-corrected chi connectivity index (χ1v) is 11.2. The second-order valence-corrected chi connectivity index (χ2v) is 8.64. The first kappa shape index (κ1) is 25.0. The molecule has 1 aliphatic rings. The highest BCUT2D eigenvalue weighted by molar-refractivity contribution is 7.46. The molecule has 1 saturated heterocycles. The largest absolute Gasteiger partial charge is 0.470 e. The van der Waals surface area contributed by atoms with Crippen LogP contribution in [0.5, 0.6) is 0 Å². The lowest BCUT2D eigenvalue weighted by Crippen LogP contribution is -2.57. The average molecular weight is 489 g/mol. The first-order valence-electron chi connectivity index (χ1n) is 9.63. The van der Waals surface area contributed by atoms with E-state index in [1.165, 1.54) is 13.1 Å². The van der Waals surface area contributed by atoms with Crippen molar-refractivity contribution >= 4 is 30.9 Å². The van der Waals surface area contributed by atoms with Crippen LogP contribution in [-0.4, -0.2) is 83.6 Å². The van der Waals surface area contributed by atoms with Crippen LogP contribution in [0.1, 0.15) is 20.1 Å². The zero-order valence-corrected chi connectivity index (χ0v) is 18.7. The molecule has 6 N–H and O–H groups in total. The molecule has 1 aliphatic heterocycles. The number of nitrogens with one attached hydrogen (secondary N) is 2. The third kappa shape index (κ3) is 5.65. The van der Waals surface area contributed by atoms with Crippen LogP contribution in [0.25, 0.3) is 11.2 Å². The minimum Gasteiger partial charge on any atom is -0.460 e. The lowest BCUT2D eigenvalue weighted by atomic mass is 9.98. The van der Waals surface area contributed by atoms with E-state index >= 15 is 0 Å². The van der Waals surface area contributed by atoms with Crippen molar-refractivity contribution in [2.75, 3.05) is 19.0 Å². The Kier molecular flexibility index (Phi) is 7.33. The number of aromatic nitrogens is 4. The van der Waals surface area contributed by atoms with Crippen LogP contribution in [0.15, 0.2) is 22.8 Å². The molecule has 0 bridgehead atoms. The fourth-order valence-electron chi connectivity index (χ4n) is 3.24. The molecule has 182 valence electrons. The predicted octanol–water partition coefficient (Wildman–Crippen LogP) is -1.23. The fourth-order valence-corrected chi connectivity index (χ4v) is 3.81. The second kappa shape index (κ2) is 9.69. The third-order valence-electron chi connectivity index (χ3n) is 4.66. The van der Waals surface area contributed by atoms with Crippen molar-refractivity contribution < 1.29 is 43.4 Å². The molecular formula is C17H24N5O10P. The van der Waals surface area contributed by atoms with Crippen molar-refractivity contribution in [1.82, 2.24) is 19.5 Å². The van der Waals surface area contributed by atoms with Gasteiger partial charge in [-0.2, -0.15) is 4.98 Å². The van der Waals surface area contributed by atoms with Gasteiger partial charge in [-0.3, -0.25) is 18.9 Å². The van der Waals surface area contributed by atoms with Crippen LogP contribution in [0.3, 0.4) is 0 Å². The Morgan fingerprint density at radius 1 is 1.36 bits per heavy atom. The number of esters is 1. The quantitative estimate of drug-likeness (QED) is 0.153. The molecular weight excluding hydrogens is 465 g/mol. The number of imidazole rings is 1. The number of aromatic amines is 1. The standard InChI is InChI=1S/C17H24N5O10P/c1-7(2)4-9(23)30-5-8-11(24)13(32-33(27,28)29)12(25)16(31-8)22-6-19-10-14(22)20-17(18-3)21-15(10)26/h4,6,8,11-13,16,24-25H,5H2,1-3H3,(H2,27,28,29)(H2,18,20,21,26)/t8-,11-,12-,13+,16-/m1/s1. The van der Waals surface area contributed by atoms with Gasteiger partial charge in [0.15, 0.2) is 17.4 Å². The number of aliphatic hydroxyl groups excluding tert-OH is 2. The van der Waals surface area contributed by atoms with Gasteiger partial charge in [0.25, 0.3) is 5.56 Å². The topological polar surface area (TPSA) is 218 Å². The summed E-state index contributed by atoms with van der Waals surface area (Å²) < 4.78 is 27.9. The van der Waals surface area contributed by atoms with Gasteiger partial charge in [0, 0.05) is 13.1 Å². The van der Waals surface area contributed by atoms with Crippen LogP contribution in [-0.2, 0) is 23.4 Å². The zero-order chi connectivity index (χ0) is 24.5. The number of carbonyl (C=O) groups excluding carboxylic acids is 1. The van der Waals surface area contributed by atoms with Crippen molar-refractivity contribution in [3.63, 3.8) is 0 Å². The van der Waals surface area contributed by atoms with Crippen molar-refractivity contribution in [3.05, 3.63) is 28.3 Å². The molecule has 0 amide bonds. The Bertz CT molecular complexity index is 1150. The molecule has 3 rings (SSSR count). The number of carbonyl (C=O) groups is 1. The number of nitrogens with zero attached hydrogens (tertiary/aromatic N) is 3. The molecule has 0 aliphatic carbocycles. The summed E-state index contributed by atoms with van der Waals surface area (Å²) >= 11 is 0. The van der Waals surface area contributed by atoms with Crippen LogP contribution in [0.4, 0.5) is 5.95 Å². The summed E-state index contributed by atoms with van der Waals surface area (Å²) in [6.45, 7) is 2.81. The van der Waals surface area contributed by atoms with Gasteiger partial charge in [-0.1, -0.05) is 5.57 Å². The van der Waals surface area contributed by atoms with Gasteiger partial charge in [-0.05, 0) is 13.8 Å². The van der Waals surface area contributed by atoms with E-state index < -0.39 is 56.6 Å². The normalized spacial score (nSPS) is 25.6. The fraction of sp³-hybridized carbons (Fsp3) is 0.529. The summed E-state index contributed by atoms with van der Waals surface area (Å²) in [6.07, 6.45) is -5.99. The van der Waals surface area contributed by atoms with E-state index in [0.29, 0.717) is 5.57 Å². The van der Waals surface area contributed by atoms with Gasteiger partial charge < -0.3 is 34.8 Å². The summed E-state index contributed by atoms with van der Waals surface area (Å²) in [5.74, 6) is -0.657. The van der Waals surface area contributed by atoms with Crippen molar-refractivity contribution in [3.8, 4) is 0 Å². The van der Waals surface area contributed by atoms with Gasteiger partial charge in [-0.25, -0.2) is 14.3 Å². The Morgan fingerprint density at radius 2 is 2.06 bits per heavy atom. The number of anilines is 1. The number of aliphatic hydroxyl groups is 2. The Hall–Kier alpha value is -2.65. The molecule has 0 saturated carbocycles. The molecule has 0 aromatic carbocycles. The molecule has 3 heterocycles. The van der Waals surface area contributed by atoms with Crippen LogP contribution >= 0.6 is 7.82 Å². The van der Waals surface area contributed by atoms with E-state index in [2.05, 4.69) is 24.8 Å². The number of phosphoric acid groups is 1. The molecule has 15 nitrogen and oxygen atoms in total. The molecule has 0 unspecified atom stereocenters. The van der Waals surface area contributed by atoms with Gasteiger partial charge in [0.05, 0.1) is 6.33 Å². The molecule has 1 fully saturated rings. The summed E-state index contributed by atoms with van der Waals surface area (Å²) in [5.41, 5.74) is -0.0695. The minimum absolute atomic E-state index is 0.0289. The molecule has 33 heavy (non-hydrogen) atoms. The monoisotopic (exact) mass is 489 g/mol. The number of rotatable bonds is 7. The number of fused-ring (bicyclic) bond motifs is 1. The third-order valence-corrected chi connectivity index (χ3v) is 5.18. The van der Waals surface area contributed by atoms with Crippen molar-refractivity contribution in [2.24, 2.45) is 0 Å². The van der Waals surface area contributed by atoms with E-state index in [1.807, 2.05) is 0 Å². The number of allylic oxidation sites excluding steroid dienone is 1. The molecule has 16 heteroatoms. The summed E-state index contributed by atoms with van der Waals surface area (Å²) in [7, 11) is -3.65. The maximum atomic E-state index is 12.2. The summed E-state index contributed by atoms with van der Waals surface area (Å²) in [4.78, 5) is 53.1. The van der Waals surface area contributed by atoms with Crippen LogP contribution in [0.2, 0.25) is 0 Å². The highest BCUT2D eigenvalue weighted by Gasteiger charge is 2.49. The zero-order valence-electron chi connectivity index (χ0n) is 17.8. The predicted molar refractivity (Wildman–Crippen MR) is 111 cm³/mol. The Labute approximate surface area is 186 Å². The molecule has 5 atom stereocenters. The smallest absolute Gasteiger partial charge is 0.460 e. The van der Waals surface area contributed by atoms with Gasteiger partial charge in [-0.15, -0.1) is 0 Å². The average Bonchev–Trinajstić information content (AvgIpc) is 3.13. The summed E-state index contributed by atoms with van der Waals surface area (Å²) in [5, 5.41) is 24.0. The maximum absolute atomic E-state index is 12.2. The number of ether oxygens (including phenoxy) is 2. The highest BCUT2D eigenvalue weighted by atomic mass is 31.2. The summed E-state index contributed by atoms with van der Waals surface area (Å²) in [6, 6.07) is 0. The lowest BCUT2D eigenvalue weighted by Gasteiger charge is -2.42. The first-order chi connectivity index (χ1) is 15.4. The van der Waals surface area contributed by atoms with Gasteiger partial charge in [0.1, 0.15) is 31.0 Å². The lowest BCUT2D eigenvalue weighted by molar-refractivity contribution is -0.248. The van der Waals surface area contributed by atoms with Gasteiger partial charge >= 0.3 is 13.8 Å². The van der Waals surface area contributed by atoms with Crippen LogP contribution < -0.4 is 10.9 Å². The molecule has 2 aromatic rings. The molecule has 0 radical (unpaired) electrons. The molecule has 2 aromatic heterocycles. The minimum atomic E-state index is -5.16. The van der Waals surface area contributed by atoms with Crippen molar-refractivity contribution in [2.45, 2.75) is 44.5 Å². The van der Waals surface area contributed by atoms with E-state index in [-0.39, 0.29) is 17.1 Å². The van der Waals surface area contributed by atoms with Crippen LogP contribution in [0, 0.1) is 0 Å². The Balaban J connectivity index is 1.99. The van der Waals surface area contributed by atoms with E-state index in [1.54, 1.807) is 13.8 Å². The SMILES string of the molecule is CNc1nc2c(ncn2[C@@H]2O[C@H](COC(=O)C=C(C)C)[C@@H](O)[C@H](OP(=O)(O)O)[C@H]2O)c(=O)[nH]1. The van der Waals surface area contributed by atoms with Gasteiger partial charge in [0.2, 0.25) is 5.95 Å². The van der Waals surface area contributed by atoms with E-state index in [4.69, 9.17) is 9.47 Å². The van der Waals surface area contributed by atoms with E-state index in [0.717, 1.165) is 10.9 Å². The molecule has 0 spiro atoms. The van der Waals surface area contributed by atoms with E-state index in [9.17, 15) is 34.2 Å². The number of H-pyrrole nitrogens is 1. The number of hydrogen-bond acceptors (Lipinski definition) is 11. The number of hydrogen-bond donors (Lipinski definition) is 6. The maximum Gasteiger partial charge on any atom is 0.470 e. The Morgan fingerprint density at radius 3 is 2.67 bits per heavy atom. The number of phosphoric ester groups is 1. The highest BCUT2D eigenvalue weighted by Crippen LogP contribution is 2.43. The van der Waals surface area contributed by atoms with Crippen molar-refractivity contribution in [1.29, 1.82) is 0 Å².